The standard InChI is InChI=1S/C30H34Cl3FN4O4/c1-6-16(2)37-15-22(30(41)35-12-19-7-8-20(32)9-23(19)33)28(40)21-10-24(34)27(29(42-5)26(21)37)36-13-17(3)38(18(4)14-36)25(39)11-31/h7-10,15-18H,6,11-14H2,1-5H3,(H,35,41)/t16?,17-,18+. The van der Waals surface area contributed by atoms with Crippen molar-refractivity contribution in [1.82, 2.24) is 14.8 Å². The van der Waals surface area contributed by atoms with E-state index in [4.69, 9.17) is 39.5 Å². The van der Waals surface area contributed by atoms with Crippen LogP contribution < -0.4 is 20.4 Å². The number of anilines is 1. The third-order valence-corrected chi connectivity index (χ3v) is 8.62. The lowest BCUT2D eigenvalue weighted by atomic mass is 10.0. The van der Waals surface area contributed by atoms with Crippen LogP contribution in [0.5, 0.6) is 5.75 Å². The van der Waals surface area contributed by atoms with Gasteiger partial charge in [-0.3, -0.25) is 14.4 Å². The van der Waals surface area contributed by atoms with Crippen molar-refractivity contribution in [2.45, 2.75) is 58.8 Å². The highest BCUT2D eigenvalue weighted by molar-refractivity contribution is 6.35. The van der Waals surface area contributed by atoms with E-state index in [2.05, 4.69) is 5.32 Å². The number of hydrogen-bond acceptors (Lipinski definition) is 5. The first kappa shape index (κ1) is 31.9. The molecule has 2 heterocycles. The van der Waals surface area contributed by atoms with Crippen LogP contribution in [0.25, 0.3) is 10.9 Å². The zero-order valence-corrected chi connectivity index (χ0v) is 26.4. The van der Waals surface area contributed by atoms with Gasteiger partial charge in [0.05, 0.1) is 18.0 Å². The highest BCUT2D eigenvalue weighted by Gasteiger charge is 2.36. The van der Waals surface area contributed by atoms with Gasteiger partial charge in [0, 0.05) is 54.0 Å². The number of alkyl halides is 1. The first-order valence-corrected chi connectivity index (χ1v) is 15.0. The third-order valence-electron chi connectivity index (χ3n) is 7.80. The molecule has 3 aromatic rings. The normalized spacial score (nSPS) is 17.8. The largest absolute Gasteiger partial charge is 0.492 e. The smallest absolute Gasteiger partial charge is 0.257 e. The van der Waals surface area contributed by atoms with E-state index in [0.29, 0.717) is 40.6 Å². The van der Waals surface area contributed by atoms with Gasteiger partial charge in [0.15, 0.2) is 11.6 Å². The van der Waals surface area contributed by atoms with Crippen LogP contribution in [0.15, 0.2) is 35.3 Å². The lowest BCUT2D eigenvalue weighted by Crippen LogP contribution is -2.59. The second kappa shape index (κ2) is 13.1. The number of aromatic nitrogens is 1. The Hall–Kier alpha value is -3.01. The molecule has 1 aliphatic heterocycles. The molecule has 1 aliphatic rings. The summed E-state index contributed by atoms with van der Waals surface area (Å²) in [5.41, 5.74) is 0.480. The summed E-state index contributed by atoms with van der Waals surface area (Å²) in [7, 11) is 1.43. The molecule has 1 unspecified atom stereocenters. The Kier molecular flexibility index (Phi) is 9.96. The van der Waals surface area contributed by atoms with Crippen LogP contribution in [-0.4, -0.2) is 59.4 Å². The number of piperazine rings is 1. The van der Waals surface area contributed by atoms with Gasteiger partial charge in [0.2, 0.25) is 11.3 Å². The number of carbonyl (C=O) groups is 2. The van der Waals surface area contributed by atoms with E-state index < -0.39 is 17.2 Å². The second-order valence-corrected chi connectivity index (χ2v) is 11.7. The number of nitrogens with one attached hydrogen (secondary N) is 1. The van der Waals surface area contributed by atoms with E-state index >= 15 is 4.39 Å². The number of amides is 2. The Morgan fingerprint density at radius 2 is 1.83 bits per heavy atom. The number of nitrogens with zero attached hydrogens (tertiary/aromatic N) is 3. The first-order chi connectivity index (χ1) is 19.9. The molecule has 8 nitrogen and oxygen atoms in total. The van der Waals surface area contributed by atoms with Crippen molar-refractivity contribution >= 4 is 63.2 Å². The Balaban J connectivity index is 1.81. The maximum atomic E-state index is 16.0. The van der Waals surface area contributed by atoms with Crippen molar-refractivity contribution in [2.24, 2.45) is 0 Å². The van der Waals surface area contributed by atoms with Crippen LogP contribution in [0.3, 0.4) is 0 Å². The molecule has 0 spiro atoms. The first-order valence-electron chi connectivity index (χ1n) is 13.7. The van der Waals surface area contributed by atoms with Crippen molar-refractivity contribution in [1.29, 1.82) is 0 Å². The van der Waals surface area contributed by atoms with E-state index in [1.165, 1.54) is 19.4 Å². The predicted octanol–water partition coefficient (Wildman–Crippen LogP) is 6.02. The Labute approximate surface area is 259 Å². The van der Waals surface area contributed by atoms with Gasteiger partial charge in [-0.05, 0) is 51.0 Å². The van der Waals surface area contributed by atoms with Gasteiger partial charge in [0.25, 0.3) is 5.91 Å². The molecule has 2 aromatic carbocycles. The summed E-state index contributed by atoms with van der Waals surface area (Å²) in [5, 5.41) is 3.62. The van der Waals surface area contributed by atoms with Gasteiger partial charge in [-0.25, -0.2) is 4.39 Å². The number of halogens is 4. The molecule has 1 saturated heterocycles. The van der Waals surface area contributed by atoms with Crippen LogP contribution in [0, 0.1) is 5.82 Å². The molecular formula is C30H34Cl3FN4O4. The number of ether oxygens (including phenoxy) is 1. The molecule has 4 rings (SSSR count). The van der Waals surface area contributed by atoms with E-state index in [1.807, 2.05) is 32.6 Å². The quantitative estimate of drug-likeness (QED) is 0.305. The fraction of sp³-hybridized carbons (Fsp3) is 0.433. The SMILES string of the molecule is CCC(C)n1cc(C(=O)NCc2ccc(Cl)cc2Cl)c(=O)c2cc(F)c(N3C[C@@H](C)N(C(=O)CCl)[C@@H](C)C3)c(OC)c21. The molecule has 0 saturated carbocycles. The highest BCUT2D eigenvalue weighted by atomic mass is 35.5. The molecule has 1 fully saturated rings. The molecule has 0 aliphatic carbocycles. The predicted molar refractivity (Wildman–Crippen MR) is 166 cm³/mol. The Morgan fingerprint density at radius 1 is 1.17 bits per heavy atom. The van der Waals surface area contributed by atoms with Gasteiger partial charge in [-0.15, -0.1) is 11.6 Å². The number of rotatable bonds is 8. The summed E-state index contributed by atoms with van der Waals surface area (Å²) in [6.45, 7) is 8.44. The zero-order valence-electron chi connectivity index (χ0n) is 24.1. The summed E-state index contributed by atoms with van der Waals surface area (Å²) < 4.78 is 23.6. The van der Waals surface area contributed by atoms with Crippen LogP contribution in [0.1, 0.15) is 56.1 Å². The average Bonchev–Trinajstić information content (AvgIpc) is 2.95. The average molecular weight is 640 g/mol. The fourth-order valence-corrected chi connectivity index (χ4v) is 6.25. The van der Waals surface area contributed by atoms with Gasteiger partial charge in [-0.1, -0.05) is 36.2 Å². The zero-order chi connectivity index (χ0) is 30.9. The fourth-order valence-electron chi connectivity index (χ4n) is 5.64. The lowest BCUT2D eigenvalue weighted by Gasteiger charge is -2.45. The van der Waals surface area contributed by atoms with E-state index in [9.17, 15) is 14.4 Å². The monoisotopic (exact) mass is 638 g/mol. The summed E-state index contributed by atoms with van der Waals surface area (Å²) >= 11 is 18.0. The van der Waals surface area contributed by atoms with Gasteiger partial charge in [0.1, 0.15) is 17.1 Å². The third kappa shape index (κ3) is 6.05. The Morgan fingerprint density at radius 3 is 2.40 bits per heavy atom. The molecule has 42 heavy (non-hydrogen) atoms. The van der Waals surface area contributed by atoms with E-state index in [1.54, 1.807) is 27.7 Å². The molecule has 0 bridgehead atoms. The summed E-state index contributed by atoms with van der Waals surface area (Å²) in [5.74, 6) is -1.40. The molecule has 1 aromatic heterocycles. The van der Waals surface area contributed by atoms with Gasteiger partial charge >= 0.3 is 0 Å². The lowest BCUT2D eigenvalue weighted by molar-refractivity contribution is -0.133. The number of pyridine rings is 1. The summed E-state index contributed by atoms with van der Waals surface area (Å²) in [4.78, 5) is 43.0. The minimum atomic E-state index is -0.658. The number of methoxy groups -OCH3 is 1. The highest BCUT2D eigenvalue weighted by Crippen LogP contribution is 2.40. The molecule has 0 radical (unpaired) electrons. The van der Waals surface area contributed by atoms with Crippen LogP contribution >= 0.6 is 34.8 Å². The molecular weight excluding hydrogens is 606 g/mol. The minimum absolute atomic E-state index is 0.0302. The van der Waals surface area contributed by atoms with Crippen molar-refractivity contribution in [2.75, 3.05) is 31.0 Å². The summed E-state index contributed by atoms with van der Waals surface area (Å²) in [6.07, 6.45) is 2.17. The number of fused-ring (bicyclic) bond motifs is 1. The molecule has 2 amide bonds. The van der Waals surface area contributed by atoms with Crippen LogP contribution in [0.2, 0.25) is 10.0 Å². The molecule has 3 atom stereocenters. The second-order valence-electron chi connectivity index (χ2n) is 10.6. The molecule has 226 valence electrons. The van der Waals surface area contributed by atoms with E-state index in [-0.39, 0.29) is 58.8 Å². The maximum Gasteiger partial charge on any atom is 0.257 e. The minimum Gasteiger partial charge on any atom is -0.492 e. The van der Waals surface area contributed by atoms with Crippen LogP contribution in [-0.2, 0) is 11.3 Å². The van der Waals surface area contributed by atoms with Crippen molar-refractivity contribution in [3.63, 3.8) is 0 Å². The number of benzene rings is 2. The van der Waals surface area contributed by atoms with E-state index in [0.717, 1.165) is 0 Å². The summed E-state index contributed by atoms with van der Waals surface area (Å²) in [6, 6.07) is 5.46. The molecule has 1 N–H and O–H groups in total. The Bertz CT molecular complexity index is 1570. The molecule has 12 heteroatoms. The van der Waals surface area contributed by atoms with Crippen molar-refractivity contribution in [3.8, 4) is 5.75 Å². The van der Waals surface area contributed by atoms with Crippen molar-refractivity contribution < 1.29 is 18.7 Å². The topological polar surface area (TPSA) is 83.9 Å². The van der Waals surface area contributed by atoms with Gasteiger partial charge in [-0.2, -0.15) is 0 Å². The maximum absolute atomic E-state index is 16.0. The van der Waals surface area contributed by atoms with Gasteiger partial charge < -0.3 is 24.4 Å². The van der Waals surface area contributed by atoms with Crippen LogP contribution in [0.4, 0.5) is 10.1 Å². The number of hydrogen-bond donors (Lipinski definition) is 1. The van der Waals surface area contributed by atoms with Crippen molar-refractivity contribution in [3.05, 3.63) is 67.7 Å². The number of carbonyl (C=O) groups excluding carboxylic acids is 2.